The Morgan fingerprint density at radius 2 is 1.84 bits per heavy atom. The van der Waals surface area contributed by atoms with Crippen LogP contribution in [0.25, 0.3) is 0 Å². The number of aliphatic imine (C=N–C) groups is 1. The predicted octanol–water partition coefficient (Wildman–Crippen LogP) is -0.905. The Balaban J connectivity index is 0.00000180. The number of rotatable bonds is 3. The van der Waals surface area contributed by atoms with Gasteiger partial charge in [-0.15, -0.1) is 0 Å². The van der Waals surface area contributed by atoms with Crippen molar-refractivity contribution in [1.82, 2.24) is 0 Å². The standard InChI is InChI=1S/C13H11NO3S.Na/c15-13-7-6-12(18(16)17)8-10(13)9-14-11-4-2-1-3-5-11;/h1-9,15H,(H,16,17);/q;+1/p-1. The van der Waals surface area contributed by atoms with E-state index in [-0.39, 0.29) is 40.2 Å². The van der Waals surface area contributed by atoms with Gasteiger partial charge >= 0.3 is 29.6 Å². The maximum atomic E-state index is 11.5. The topological polar surface area (TPSA) is 72.7 Å². The van der Waals surface area contributed by atoms with E-state index in [2.05, 4.69) is 4.99 Å². The molecule has 0 bridgehead atoms. The van der Waals surface area contributed by atoms with E-state index in [9.17, 15) is 9.32 Å². The van der Waals surface area contributed by atoms with E-state index in [1.807, 2.05) is 18.2 Å². The van der Waals surface area contributed by atoms with Crippen molar-refractivity contribution in [3.63, 3.8) is 0 Å². The van der Waals surface area contributed by atoms with Crippen LogP contribution in [0.15, 0.2) is 58.4 Å². The third-order valence-corrected chi connectivity index (χ3v) is 2.95. The molecule has 2 rings (SSSR count). The molecule has 19 heavy (non-hydrogen) atoms. The second-order valence-electron chi connectivity index (χ2n) is 3.54. The van der Waals surface area contributed by atoms with Gasteiger partial charge in [-0.25, -0.2) is 4.21 Å². The van der Waals surface area contributed by atoms with E-state index in [0.717, 1.165) is 0 Å². The van der Waals surface area contributed by atoms with Gasteiger partial charge in [-0.05, 0) is 29.8 Å². The summed E-state index contributed by atoms with van der Waals surface area (Å²) in [6, 6.07) is 13.1. The Morgan fingerprint density at radius 3 is 2.47 bits per heavy atom. The van der Waals surface area contributed by atoms with Crippen molar-refractivity contribution in [2.24, 2.45) is 4.99 Å². The minimum Gasteiger partial charge on any atom is -0.872 e. The van der Waals surface area contributed by atoms with E-state index in [0.29, 0.717) is 11.3 Å². The smallest absolute Gasteiger partial charge is 0.872 e. The first-order valence-corrected chi connectivity index (χ1v) is 6.28. The molecule has 92 valence electrons. The molecular formula is C13H10NNaO3S. The van der Waals surface area contributed by atoms with Gasteiger partial charge in [0.15, 0.2) is 11.1 Å². The second-order valence-corrected chi connectivity index (χ2v) is 4.51. The third kappa shape index (κ3) is 4.56. The Bertz CT molecular complexity index is 602. The van der Waals surface area contributed by atoms with Crippen LogP contribution in [0, 0.1) is 0 Å². The average Bonchev–Trinajstić information content (AvgIpc) is 2.38. The van der Waals surface area contributed by atoms with Crippen molar-refractivity contribution >= 4 is 23.0 Å². The average molecular weight is 283 g/mol. The number of hydrogen-bond donors (Lipinski definition) is 1. The fourth-order valence-electron chi connectivity index (χ4n) is 1.39. The monoisotopic (exact) mass is 283 g/mol. The molecule has 0 saturated heterocycles. The van der Waals surface area contributed by atoms with Gasteiger partial charge < -0.3 is 9.66 Å². The van der Waals surface area contributed by atoms with Crippen LogP contribution in [0.3, 0.4) is 0 Å². The second kappa shape index (κ2) is 7.57. The summed E-state index contributed by atoms with van der Waals surface area (Å²) < 4.78 is 19.9. The Kier molecular flexibility index (Phi) is 6.41. The van der Waals surface area contributed by atoms with E-state index >= 15 is 0 Å². The van der Waals surface area contributed by atoms with Gasteiger partial charge in [0.25, 0.3) is 0 Å². The summed E-state index contributed by atoms with van der Waals surface area (Å²) in [5.41, 5.74) is 1.01. The van der Waals surface area contributed by atoms with Crippen molar-refractivity contribution in [3.05, 3.63) is 54.1 Å². The number of para-hydroxylation sites is 1. The molecule has 0 spiro atoms. The van der Waals surface area contributed by atoms with Crippen LogP contribution in [0.5, 0.6) is 5.75 Å². The number of benzene rings is 2. The summed E-state index contributed by atoms with van der Waals surface area (Å²) in [5, 5.41) is 11.5. The molecule has 0 heterocycles. The number of hydrogen-bond acceptors (Lipinski definition) is 3. The van der Waals surface area contributed by atoms with Crippen LogP contribution in [0.1, 0.15) is 5.56 Å². The van der Waals surface area contributed by atoms with Crippen molar-refractivity contribution in [3.8, 4) is 5.75 Å². The summed E-state index contributed by atoms with van der Waals surface area (Å²) in [4.78, 5) is 4.32. The van der Waals surface area contributed by atoms with E-state index in [4.69, 9.17) is 4.55 Å². The first-order valence-electron chi connectivity index (χ1n) is 5.18. The molecule has 0 amide bonds. The SMILES string of the molecule is O=S(O)c1ccc([O-])c(C=Nc2ccccc2)c1.[Na+]. The summed E-state index contributed by atoms with van der Waals surface area (Å²) in [6.45, 7) is 0. The van der Waals surface area contributed by atoms with Crippen LogP contribution in [-0.4, -0.2) is 15.0 Å². The summed E-state index contributed by atoms with van der Waals surface area (Å²) in [6.07, 6.45) is 1.40. The fourth-order valence-corrected chi connectivity index (χ4v) is 1.81. The van der Waals surface area contributed by atoms with Gasteiger partial charge in [-0.3, -0.25) is 4.99 Å². The van der Waals surface area contributed by atoms with Gasteiger partial charge in [-0.2, -0.15) is 0 Å². The van der Waals surface area contributed by atoms with Crippen molar-refractivity contribution in [1.29, 1.82) is 0 Å². The first-order chi connectivity index (χ1) is 8.66. The molecular weight excluding hydrogens is 273 g/mol. The Morgan fingerprint density at radius 1 is 1.16 bits per heavy atom. The quantitative estimate of drug-likeness (QED) is 0.450. The molecule has 1 N–H and O–H groups in total. The van der Waals surface area contributed by atoms with Gasteiger partial charge in [0, 0.05) is 6.21 Å². The third-order valence-electron chi connectivity index (χ3n) is 2.29. The molecule has 0 aromatic heterocycles. The van der Waals surface area contributed by atoms with Gasteiger partial charge in [-0.1, -0.05) is 30.0 Å². The van der Waals surface area contributed by atoms with Crippen LogP contribution < -0.4 is 34.7 Å². The van der Waals surface area contributed by atoms with Crippen LogP contribution in [0.2, 0.25) is 0 Å². The molecule has 2 aromatic rings. The summed E-state index contributed by atoms with van der Waals surface area (Å²) in [7, 11) is 0. The first kappa shape index (κ1) is 16.1. The molecule has 0 aliphatic heterocycles. The van der Waals surface area contributed by atoms with Gasteiger partial charge in [0.2, 0.25) is 0 Å². The molecule has 0 radical (unpaired) electrons. The fraction of sp³-hybridized carbons (Fsp3) is 0. The minimum atomic E-state index is -2.10. The molecule has 0 aliphatic carbocycles. The predicted molar refractivity (Wildman–Crippen MR) is 68.6 cm³/mol. The zero-order valence-electron chi connectivity index (χ0n) is 10.3. The summed E-state index contributed by atoms with van der Waals surface area (Å²) in [5.74, 6) is -0.233. The van der Waals surface area contributed by atoms with Crippen LogP contribution in [0.4, 0.5) is 5.69 Å². The van der Waals surface area contributed by atoms with E-state index in [1.165, 1.54) is 24.4 Å². The maximum Gasteiger partial charge on any atom is 1.00 e. The van der Waals surface area contributed by atoms with Crippen molar-refractivity contribution in [2.75, 3.05) is 0 Å². The molecule has 1 atom stereocenters. The molecule has 6 heteroatoms. The zero-order valence-corrected chi connectivity index (χ0v) is 13.1. The normalized spacial score (nSPS) is 12.1. The minimum absolute atomic E-state index is 0. The van der Waals surface area contributed by atoms with Gasteiger partial charge in [0.05, 0.1) is 10.6 Å². The van der Waals surface area contributed by atoms with Crippen molar-refractivity contribution in [2.45, 2.75) is 4.90 Å². The van der Waals surface area contributed by atoms with E-state index < -0.39 is 11.1 Å². The van der Waals surface area contributed by atoms with Crippen molar-refractivity contribution < 1.29 is 43.4 Å². The van der Waals surface area contributed by atoms with Gasteiger partial charge in [0.1, 0.15) is 0 Å². The molecule has 0 aliphatic rings. The van der Waals surface area contributed by atoms with Crippen LogP contribution in [-0.2, 0) is 11.1 Å². The molecule has 0 fully saturated rings. The Labute approximate surface area is 135 Å². The largest absolute Gasteiger partial charge is 1.00 e. The molecule has 4 nitrogen and oxygen atoms in total. The van der Waals surface area contributed by atoms with Crippen LogP contribution >= 0.6 is 0 Å². The summed E-state index contributed by atoms with van der Waals surface area (Å²) >= 11 is -2.10. The van der Waals surface area contributed by atoms with E-state index in [1.54, 1.807) is 12.1 Å². The number of nitrogens with zero attached hydrogens (tertiary/aromatic N) is 1. The molecule has 2 aromatic carbocycles. The molecule has 1 unspecified atom stereocenters. The zero-order chi connectivity index (χ0) is 13.0. The Hall–Kier alpha value is -0.980. The molecule has 0 saturated carbocycles. The maximum absolute atomic E-state index is 11.5.